The first kappa shape index (κ1) is 17.2. The summed E-state index contributed by atoms with van der Waals surface area (Å²) in [6.45, 7) is 7.38. The van der Waals surface area contributed by atoms with E-state index in [0.29, 0.717) is 6.42 Å². The van der Waals surface area contributed by atoms with E-state index in [1.165, 1.54) is 0 Å². The minimum absolute atomic E-state index is 0.0805. The van der Waals surface area contributed by atoms with Crippen LogP contribution in [0.15, 0.2) is 0 Å². The summed E-state index contributed by atoms with van der Waals surface area (Å²) in [5, 5.41) is 2.55. The number of ether oxygens (including phenoxy) is 1. The van der Waals surface area contributed by atoms with E-state index in [9.17, 15) is 17.1 Å². The molecular formula is C11H22FNO4S. The molecule has 1 N–H and O–H groups in total. The van der Waals surface area contributed by atoms with Crippen molar-refractivity contribution in [2.24, 2.45) is 5.92 Å². The number of nitrogens with one attached hydrogen (secondary N) is 1. The molecule has 0 aliphatic carbocycles. The molecule has 0 aliphatic rings. The molecule has 0 heterocycles. The molecule has 18 heavy (non-hydrogen) atoms. The standard InChI is InChI=1S/C11H22FNO4S/c1-5-9(6-7-18(12,15)16)8-13-10(14)17-11(2,3)4/h9H,5-8H2,1-4H3,(H,13,14). The molecule has 0 rings (SSSR count). The van der Waals surface area contributed by atoms with Crippen molar-refractivity contribution in [3.8, 4) is 0 Å². The van der Waals surface area contributed by atoms with Gasteiger partial charge in [-0.15, -0.1) is 3.89 Å². The molecule has 1 atom stereocenters. The van der Waals surface area contributed by atoms with Crippen molar-refractivity contribution in [2.75, 3.05) is 12.3 Å². The lowest BCUT2D eigenvalue weighted by molar-refractivity contribution is 0.0518. The molecule has 0 bridgehead atoms. The van der Waals surface area contributed by atoms with Gasteiger partial charge in [0.05, 0.1) is 5.75 Å². The molecule has 0 saturated carbocycles. The number of halogens is 1. The highest BCUT2D eigenvalue weighted by molar-refractivity contribution is 7.86. The van der Waals surface area contributed by atoms with Crippen LogP contribution in [0.25, 0.3) is 0 Å². The van der Waals surface area contributed by atoms with Gasteiger partial charge in [-0.05, 0) is 33.1 Å². The normalized spacial score (nSPS) is 14.1. The van der Waals surface area contributed by atoms with Gasteiger partial charge in [-0.2, -0.15) is 8.42 Å². The van der Waals surface area contributed by atoms with Crippen molar-refractivity contribution in [2.45, 2.75) is 46.1 Å². The van der Waals surface area contributed by atoms with Crippen LogP contribution < -0.4 is 5.32 Å². The first-order chi connectivity index (χ1) is 8.03. The molecule has 0 saturated heterocycles. The smallest absolute Gasteiger partial charge is 0.407 e. The molecule has 7 heteroatoms. The minimum atomic E-state index is -4.44. The molecule has 1 unspecified atom stereocenters. The van der Waals surface area contributed by atoms with Gasteiger partial charge in [0, 0.05) is 6.54 Å². The second-order valence-electron chi connectivity index (χ2n) is 5.19. The SMILES string of the molecule is CCC(CCS(=O)(=O)F)CNC(=O)OC(C)(C)C. The van der Waals surface area contributed by atoms with Crippen molar-refractivity contribution in [3.63, 3.8) is 0 Å². The van der Waals surface area contributed by atoms with Crippen LogP contribution in [0.2, 0.25) is 0 Å². The van der Waals surface area contributed by atoms with E-state index in [1.807, 2.05) is 6.92 Å². The third-order valence-electron chi connectivity index (χ3n) is 2.28. The number of hydrogen-bond acceptors (Lipinski definition) is 4. The molecule has 0 aromatic rings. The molecule has 0 spiro atoms. The average Bonchev–Trinajstić information content (AvgIpc) is 2.13. The number of carbonyl (C=O) groups is 1. The zero-order valence-electron chi connectivity index (χ0n) is 11.3. The minimum Gasteiger partial charge on any atom is -0.444 e. The summed E-state index contributed by atoms with van der Waals surface area (Å²) in [6, 6.07) is 0. The number of alkyl carbamates (subject to hydrolysis) is 1. The molecule has 0 aromatic carbocycles. The maximum Gasteiger partial charge on any atom is 0.407 e. The van der Waals surface area contributed by atoms with E-state index in [-0.39, 0.29) is 18.9 Å². The van der Waals surface area contributed by atoms with E-state index < -0.39 is 27.7 Å². The number of rotatable bonds is 6. The van der Waals surface area contributed by atoms with Crippen molar-refractivity contribution in [1.29, 1.82) is 0 Å². The highest BCUT2D eigenvalue weighted by Gasteiger charge is 2.18. The zero-order chi connectivity index (χ0) is 14.4. The maximum atomic E-state index is 12.4. The van der Waals surface area contributed by atoms with E-state index in [1.54, 1.807) is 20.8 Å². The van der Waals surface area contributed by atoms with Crippen LogP contribution in [0.4, 0.5) is 8.68 Å². The topological polar surface area (TPSA) is 72.5 Å². The first-order valence-corrected chi connectivity index (χ1v) is 7.48. The Morgan fingerprint density at radius 1 is 1.39 bits per heavy atom. The van der Waals surface area contributed by atoms with Crippen LogP contribution >= 0.6 is 0 Å². The molecular weight excluding hydrogens is 261 g/mol. The highest BCUT2D eigenvalue weighted by atomic mass is 32.3. The summed E-state index contributed by atoms with van der Waals surface area (Å²) in [5.41, 5.74) is -0.575. The van der Waals surface area contributed by atoms with Crippen LogP contribution in [-0.2, 0) is 15.0 Å². The van der Waals surface area contributed by atoms with Gasteiger partial charge >= 0.3 is 16.3 Å². The molecule has 0 fully saturated rings. The van der Waals surface area contributed by atoms with Gasteiger partial charge in [-0.3, -0.25) is 0 Å². The fourth-order valence-electron chi connectivity index (χ4n) is 1.30. The number of amides is 1. The van der Waals surface area contributed by atoms with Gasteiger partial charge in [0.25, 0.3) is 0 Å². The summed E-state index contributed by atoms with van der Waals surface area (Å²) < 4.78 is 38.2. The lowest BCUT2D eigenvalue weighted by atomic mass is 10.0. The largest absolute Gasteiger partial charge is 0.444 e. The quantitative estimate of drug-likeness (QED) is 0.759. The van der Waals surface area contributed by atoms with Crippen molar-refractivity contribution >= 4 is 16.3 Å². The van der Waals surface area contributed by atoms with Gasteiger partial charge in [0.15, 0.2) is 0 Å². The lowest BCUT2D eigenvalue weighted by Gasteiger charge is -2.21. The molecule has 0 aromatic heterocycles. The van der Waals surface area contributed by atoms with Crippen LogP contribution in [0.5, 0.6) is 0 Å². The summed E-state index contributed by atoms with van der Waals surface area (Å²) in [5.74, 6) is -0.593. The predicted molar refractivity (Wildman–Crippen MR) is 67.5 cm³/mol. The summed E-state index contributed by atoms with van der Waals surface area (Å²) >= 11 is 0. The number of hydrogen-bond donors (Lipinski definition) is 1. The van der Waals surface area contributed by atoms with Crippen molar-refractivity contribution in [1.82, 2.24) is 5.32 Å². The third kappa shape index (κ3) is 10.3. The summed E-state index contributed by atoms with van der Waals surface area (Å²) in [6.07, 6.45) is 0.292. The summed E-state index contributed by atoms with van der Waals surface area (Å²) in [7, 11) is -4.44. The zero-order valence-corrected chi connectivity index (χ0v) is 12.1. The van der Waals surface area contributed by atoms with Crippen molar-refractivity contribution < 1.29 is 21.8 Å². The van der Waals surface area contributed by atoms with Gasteiger partial charge in [0.1, 0.15) is 5.60 Å². The van der Waals surface area contributed by atoms with E-state index >= 15 is 0 Å². The van der Waals surface area contributed by atoms with Gasteiger partial charge in [-0.1, -0.05) is 13.3 Å². The monoisotopic (exact) mass is 283 g/mol. The van der Waals surface area contributed by atoms with Gasteiger partial charge < -0.3 is 10.1 Å². The van der Waals surface area contributed by atoms with E-state index in [0.717, 1.165) is 0 Å². The Morgan fingerprint density at radius 2 is 1.94 bits per heavy atom. The molecule has 5 nitrogen and oxygen atoms in total. The van der Waals surface area contributed by atoms with Gasteiger partial charge in [-0.25, -0.2) is 4.79 Å². The number of carbonyl (C=O) groups excluding carboxylic acids is 1. The summed E-state index contributed by atoms with van der Waals surface area (Å²) in [4.78, 5) is 11.4. The lowest BCUT2D eigenvalue weighted by Crippen LogP contribution is -2.35. The fourth-order valence-corrected chi connectivity index (χ4v) is 1.91. The Labute approximate surface area is 108 Å². The average molecular weight is 283 g/mol. The van der Waals surface area contributed by atoms with E-state index in [4.69, 9.17) is 4.74 Å². The van der Waals surface area contributed by atoms with Crippen LogP contribution in [0.3, 0.4) is 0 Å². The van der Waals surface area contributed by atoms with Crippen LogP contribution in [-0.4, -0.2) is 32.4 Å². The Hall–Kier alpha value is -0.850. The predicted octanol–water partition coefficient (Wildman–Crippen LogP) is 2.23. The maximum absolute atomic E-state index is 12.4. The second kappa shape index (κ2) is 6.92. The molecule has 0 aliphatic heterocycles. The Bertz CT molecular complexity index is 362. The van der Waals surface area contributed by atoms with Crippen molar-refractivity contribution in [3.05, 3.63) is 0 Å². The third-order valence-corrected chi connectivity index (χ3v) is 3.00. The van der Waals surface area contributed by atoms with Gasteiger partial charge in [0.2, 0.25) is 0 Å². The Balaban J connectivity index is 4.04. The van der Waals surface area contributed by atoms with Crippen LogP contribution in [0, 0.1) is 5.92 Å². The Kier molecular flexibility index (Phi) is 6.59. The highest BCUT2D eigenvalue weighted by Crippen LogP contribution is 2.11. The fraction of sp³-hybridized carbons (Fsp3) is 0.909. The Morgan fingerprint density at radius 3 is 2.33 bits per heavy atom. The van der Waals surface area contributed by atoms with Crippen LogP contribution in [0.1, 0.15) is 40.5 Å². The molecule has 1 amide bonds. The molecule has 0 radical (unpaired) electrons. The van der Waals surface area contributed by atoms with E-state index in [2.05, 4.69) is 5.32 Å². The first-order valence-electron chi connectivity index (χ1n) is 5.92. The second-order valence-corrected chi connectivity index (χ2v) is 6.67. The molecule has 108 valence electrons.